The van der Waals surface area contributed by atoms with E-state index in [-0.39, 0.29) is 0 Å². The molecule has 1 atom stereocenters. The molecule has 15 heavy (non-hydrogen) atoms. The van der Waals surface area contributed by atoms with Crippen LogP contribution in [-0.2, 0) is 13.6 Å². The van der Waals surface area contributed by atoms with Crippen LogP contribution in [0.5, 0.6) is 0 Å². The summed E-state index contributed by atoms with van der Waals surface area (Å²) < 4.78 is 1.97. The van der Waals surface area contributed by atoms with Crippen LogP contribution >= 0.6 is 0 Å². The smallest absolute Gasteiger partial charge is 0.146 e. The Kier molecular flexibility index (Phi) is 3.33. The highest BCUT2D eigenvalue weighted by Crippen LogP contribution is 2.17. The number of hydrogen-bond donors (Lipinski definition) is 1. The number of nitrogens with two attached hydrogens (primary N) is 1. The van der Waals surface area contributed by atoms with Crippen LogP contribution in [0.15, 0.2) is 6.33 Å². The summed E-state index contributed by atoms with van der Waals surface area (Å²) in [6, 6.07) is 0.524. The molecule has 0 radical (unpaired) electrons. The first kappa shape index (κ1) is 10.6. The number of likely N-dealkylation sites (tertiary alicyclic amines) is 1. The first-order valence-corrected chi connectivity index (χ1v) is 5.58. The molecule has 1 saturated heterocycles. The molecule has 1 aromatic rings. The lowest BCUT2D eigenvalue weighted by molar-refractivity contribution is 0.140. The van der Waals surface area contributed by atoms with Gasteiger partial charge in [-0.1, -0.05) is 6.42 Å². The zero-order chi connectivity index (χ0) is 10.7. The van der Waals surface area contributed by atoms with Crippen LogP contribution in [0.4, 0.5) is 0 Å². The minimum absolute atomic E-state index is 0.524. The van der Waals surface area contributed by atoms with Crippen molar-refractivity contribution in [2.75, 3.05) is 13.1 Å². The second-order valence-electron chi connectivity index (χ2n) is 4.21. The van der Waals surface area contributed by atoms with Crippen molar-refractivity contribution >= 4 is 0 Å². The third-order valence-corrected chi connectivity index (χ3v) is 3.17. The highest BCUT2D eigenvalue weighted by atomic mass is 15.3. The first-order chi connectivity index (χ1) is 7.31. The third kappa shape index (κ3) is 2.35. The van der Waals surface area contributed by atoms with Crippen molar-refractivity contribution in [3.05, 3.63) is 12.2 Å². The van der Waals surface area contributed by atoms with E-state index < -0.39 is 0 Å². The summed E-state index contributed by atoms with van der Waals surface area (Å²) in [6.07, 6.45) is 5.54. The molecule has 0 amide bonds. The van der Waals surface area contributed by atoms with Crippen LogP contribution in [0, 0.1) is 0 Å². The second-order valence-corrected chi connectivity index (χ2v) is 4.21. The summed E-state index contributed by atoms with van der Waals surface area (Å²) in [6.45, 7) is 2.75. The summed E-state index contributed by atoms with van der Waals surface area (Å²) >= 11 is 0. The number of nitrogens with zero attached hydrogens (tertiary/aromatic N) is 4. The molecular weight excluding hydrogens is 190 g/mol. The minimum Gasteiger partial charge on any atom is -0.329 e. The van der Waals surface area contributed by atoms with Crippen molar-refractivity contribution < 1.29 is 0 Å². The summed E-state index contributed by atoms with van der Waals surface area (Å²) in [7, 11) is 1.98. The normalized spacial score (nSPS) is 23.2. The molecule has 5 heteroatoms. The van der Waals surface area contributed by atoms with Gasteiger partial charge in [0.15, 0.2) is 0 Å². The maximum Gasteiger partial charge on any atom is 0.146 e. The predicted octanol–water partition coefficient (Wildman–Crippen LogP) is 0.128. The van der Waals surface area contributed by atoms with Gasteiger partial charge >= 0.3 is 0 Å². The Balaban J connectivity index is 2.00. The lowest BCUT2D eigenvalue weighted by Gasteiger charge is -2.34. The van der Waals surface area contributed by atoms with Gasteiger partial charge in [-0.05, 0) is 19.4 Å². The average Bonchev–Trinajstić information content (AvgIpc) is 2.65. The zero-order valence-electron chi connectivity index (χ0n) is 9.26. The van der Waals surface area contributed by atoms with E-state index in [0.29, 0.717) is 6.04 Å². The van der Waals surface area contributed by atoms with Crippen LogP contribution in [0.1, 0.15) is 25.1 Å². The van der Waals surface area contributed by atoms with Crippen LogP contribution in [0.25, 0.3) is 0 Å². The van der Waals surface area contributed by atoms with E-state index in [9.17, 15) is 0 Å². The SMILES string of the molecule is Cn1cnnc1CN1CCCCC1CN. The van der Waals surface area contributed by atoms with E-state index >= 15 is 0 Å². The van der Waals surface area contributed by atoms with Gasteiger partial charge < -0.3 is 10.3 Å². The second kappa shape index (κ2) is 4.72. The van der Waals surface area contributed by atoms with Gasteiger partial charge in [0.05, 0.1) is 6.54 Å². The number of rotatable bonds is 3. The average molecular weight is 209 g/mol. The number of aromatic nitrogens is 3. The Bertz CT molecular complexity index is 309. The van der Waals surface area contributed by atoms with E-state index in [0.717, 1.165) is 25.5 Å². The van der Waals surface area contributed by atoms with Gasteiger partial charge in [-0.3, -0.25) is 4.90 Å². The predicted molar refractivity (Wildman–Crippen MR) is 58.1 cm³/mol. The fraction of sp³-hybridized carbons (Fsp3) is 0.800. The van der Waals surface area contributed by atoms with Gasteiger partial charge in [-0.2, -0.15) is 0 Å². The van der Waals surface area contributed by atoms with Gasteiger partial charge in [-0.25, -0.2) is 0 Å². The van der Waals surface area contributed by atoms with Crippen LogP contribution < -0.4 is 5.73 Å². The molecule has 1 aromatic heterocycles. The molecular formula is C10H19N5. The van der Waals surface area contributed by atoms with Crippen LogP contribution in [-0.4, -0.2) is 38.8 Å². The highest BCUT2D eigenvalue weighted by molar-refractivity contribution is 4.88. The Morgan fingerprint density at radius 3 is 3.07 bits per heavy atom. The fourth-order valence-corrected chi connectivity index (χ4v) is 2.17. The summed E-state index contributed by atoms with van der Waals surface area (Å²) in [5.74, 6) is 1.02. The summed E-state index contributed by atoms with van der Waals surface area (Å²) in [5.41, 5.74) is 5.78. The minimum atomic E-state index is 0.524. The van der Waals surface area contributed by atoms with Gasteiger partial charge in [0.1, 0.15) is 12.2 Å². The Hall–Kier alpha value is -0.940. The molecule has 84 valence electrons. The molecule has 2 rings (SSSR count). The third-order valence-electron chi connectivity index (χ3n) is 3.17. The maximum absolute atomic E-state index is 5.78. The van der Waals surface area contributed by atoms with Crippen molar-refractivity contribution in [1.29, 1.82) is 0 Å². The lowest BCUT2D eigenvalue weighted by Crippen LogP contribution is -2.43. The van der Waals surface area contributed by atoms with Gasteiger partial charge in [0.2, 0.25) is 0 Å². The molecule has 0 aromatic carbocycles. The van der Waals surface area contributed by atoms with Gasteiger partial charge in [0.25, 0.3) is 0 Å². The molecule has 0 spiro atoms. The zero-order valence-corrected chi connectivity index (χ0v) is 9.26. The molecule has 1 aliphatic heterocycles. The molecule has 2 heterocycles. The molecule has 1 fully saturated rings. The topological polar surface area (TPSA) is 60.0 Å². The largest absolute Gasteiger partial charge is 0.329 e. The summed E-state index contributed by atoms with van der Waals surface area (Å²) in [4.78, 5) is 2.42. The monoisotopic (exact) mass is 209 g/mol. The van der Waals surface area contributed by atoms with E-state index in [2.05, 4.69) is 15.1 Å². The Labute approximate surface area is 90.3 Å². The molecule has 5 nitrogen and oxygen atoms in total. The van der Waals surface area contributed by atoms with Crippen LogP contribution in [0.3, 0.4) is 0 Å². The lowest BCUT2D eigenvalue weighted by atomic mass is 10.0. The van der Waals surface area contributed by atoms with E-state index in [4.69, 9.17) is 5.73 Å². The van der Waals surface area contributed by atoms with Crippen molar-refractivity contribution in [1.82, 2.24) is 19.7 Å². The number of hydrogen-bond acceptors (Lipinski definition) is 4. The first-order valence-electron chi connectivity index (χ1n) is 5.58. The molecule has 1 aliphatic rings. The van der Waals surface area contributed by atoms with Gasteiger partial charge in [-0.15, -0.1) is 10.2 Å². The number of aryl methyl sites for hydroxylation is 1. The van der Waals surface area contributed by atoms with E-state index in [1.807, 2.05) is 11.6 Å². The molecule has 2 N–H and O–H groups in total. The van der Waals surface area contributed by atoms with Crippen LogP contribution in [0.2, 0.25) is 0 Å². The highest BCUT2D eigenvalue weighted by Gasteiger charge is 2.22. The van der Waals surface area contributed by atoms with Crippen molar-refractivity contribution in [2.24, 2.45) is 12.8 Å². The fourth-order valence-electron chi connectivity index (χ4n) is 2.17. The standard InChI is InChI=1S/C10H19N5/c1-14-8-12-13-10(14)7-15-5-3-2-4-9(15)6-11/h8-9H,2-7,11H2,1H3. The molecule has 0 bridgehead atoms. The quantitative estimate of drug-likeness (QED) is 0.768. The Morgan fingerprint density at radius 1 is 1.53 bits per heavy atom. The molecule has 0 saturated carbocycles. The van der Waals surface area contributed by atoms with Crippen molar-refractivity contribution in [3.8, 4) is 0 Å². The van der Waals surface area contributed by atoms with E-state index in [1.54, 1.807) is 6.33 Å². The van der Waals surface area contributed by atoms with Crippen molar-refractivity contribution in [3.63, 3.8) is 0 Å². The molecule has 0 aliphatic carbocycles. The van der Waals surface area contributed by atoms with Crippen molar-refractivity contribution in [2.45, 2.75) is 31.8 Å². The molecule has 1 unspecified atom stereocenters. The van der Waals surface area contributed by atoms with Gasteiger partial charge in [0, 0.05) is 19.6 Å². The summed E-state index contributed by atoms with van der Waals surface area (Å²) in [5, 5.41) is 8.00. The Morgan fingerprint density at radius 2 is 2.40 bits per heavy atom. The van der Waals surface area contributed by atoms with E-state index in [1.165, 1.54) is 19.3 Å². The maximum atomic E-state index is 5.78. The number of piperidine rings is 1.